The highest BCUT2D eigenvalue weighted by atomic mass is 16.2. The minimum atomic E-state index is -0.575. The maximum absolute atomic E-state index is 11.6. The zero-order valence-corrected chi connectivity index (χ0v) is 10.7. The third kappa shape index (κ3) is 5.11. The van der Waals surface area contributed by atoms with E-state index in [1.165, 1.54) is 0 Å². The van der Waals surface area contributed by atoms with Gasteiger partial charge in [-0.15, -0.1) is 0 Å². The molecule has 0 aromatic heterocycles. The molecule has 0 rings (SSSR count). The minimum Gasteiger partial charge on any atom is -0.352 e. The predicted octanol–water partition coefficient (Wildman–Crippen LogP) is -0.001000. The van der Waals surface area contributed by atoms with Gasteiger partial charge >= 0.3 is 0 Å². The van der Waals surface area contributed by atoms with E-state index in [1.807, 2.05) is 27.7 Å². The lowest BCUT2D eigenvalue weighted by Crippen LogP contribution is -2.52. The van der Waals surface area contributed by atoms with Crippen LogP contribution in [0.15, 0.2) is 0 Å². The Balaban J connectivity index is 4.18. The molecule has 0 spiro atoms. The summed E-state index contributed by atoms with van der Waals surface area (Å²) in [6.07, 6.45) is 0. The highest BCUT2D eigenvalue weighted by Crippen LogP contribution is 1.98. The first-order chi connectivity index (χ1) is 7.25. The van der Waals surface area contributed by atoms with Crippen molar-refractivity contribution >= 4 is 11.8 Å². The van der Waals surface area contributed by atoms with Crippen LogP contribution in [0, 0.1) is 5.92 Å². The molecule has 0 heterocycles. The van der Waals surface area contributed by atoms with Gasteiger partial charge < -0.3 is 16.4 Å². The van der Waals surface area contributed by atoms with E-state index < -0.39 is 12.1 Å². The number of rotatable bonds is 5. The van der Waals surface area contributed by atoms with Gasteiger partial charge in [0, 0.05) is 6.04 Å². The normalized spacial score (nSPS) is 14.8. The van der Waals surface area contributed by atoms with E-state index in [9.17, 15) is 9.59 Å². The summed E-state index contributed by atoms with van der Waals surface area (Å²) in [5.74, 6) is -0.430. The SMILES string of the molecule is CC(C)NC(=O)C(C)NC(=O)C(N)C(C)C. The molecule has 2 unspecified atom stereocenters. The quantitative estimate of drug-likeness (QED) is 0.620. The van der Waals surface area contributed by atoms with Gasteiger partial charge in [-0.1, -0.05) is 13.8 Å². The van der Waals surface area contributed by atoms with E-state index in [2.05, 4.69) is 10.6 Å². The molecule has 0 fully saturated rings. The summed E-state index contributed by atoms with van der Waals surface area (Å²) in [7, 11) is 0. The molecule has 16 heavy (non-hydrogen) atoms. The van der Waals surface area contributed by atoms with Crippen molar-refractivity contribution in [3.63, 3.8) is 0 Å². The third-order valence-corrected chi connectivity index (χ3v) is 2.20. The van der Waals surface area contributed by atoms with Crippen molar-refractivity contribution in [1.82, 2.24) is 10.6 Å². The first-order valence-electron chi connectivity index (χ1n) is 5.62. The van der Waals surface area contributed by atoms with Crippen LogP contribution in [0.1, 0.15) is 34.6 Å². The van der Waals surface area contributed by atoms with E-state index in [1.54, 1.807) is 6.92 Å². The molecular weight excluding hydrogens is 206 g/mol. The maximum Gasteiger partial charge on any atom is 0.242 e. The molecule has 4 N–H and O–H groups in total. The Kier molecular flexibility index (Phi) is 6.03. The average molecular weight is 229 g/mol. The van der Waals surface area contributed by atoms with Crippen molar-refractivity contribution in [2.45, 2.75) is 52.7 Å². The van der Waals surface area contributed by atoms with Gasteiger partial charge in [0.1, 0.15) is 6.04 Å². The van der Waals surface area contributed by atoms with Gasteiger partial charge in [0.25, 0.3) is 0 Å². The highest BCUT2D eigenvalue weighted by Gasteiger charge is 2.22. The fourth-order valence-corrected chi connectivity index (χ4v) is 1.09. The second kappa shape index (κ2) is 6.48. The summed E-state index contributed by atoms with van der Waals surface area (Å²) in [6.45, 7) is 9.10. The summed E-state index contributed by atoms with van der Waals surface area (Å²) < 4.78 is 0. The lowest BCUT2D eigenvalue weighted by Gasteiger charge is -2.20. The molecule has 2 atom stereocenters. The fraction of sp³-hybridized carbons (Fsp3) is 0.818. The summed E-state index contributed by atoms with van der Waals surface area (Å²) >= 11 is 0. The lowest BCUT2D eigenvalue weighted by molar-refractivity contribution is -0.130. The van der Waals surface area contributed by atoms with Crippen LogP contribution in [0.5, 0.6) is 0 Å². The number of carbonyl (C=O) groups is 2. The molecule has 0 radical (unpaired) electrons. The molecule has 0 aliphatic carbocycles. The molecule has 0 aliphatic rings. The van der Waals surface area contributed by atoms with Gasteiger partial charge in [0.2, 0.25) is 11.8 Å². The predicted molar refractivity (Wildman–Crippen MR) is 63.7 cm³/mol. The Morgan fingerprint density at radius 1 is 0.938 bits per heavy atom. The van der Waals surface area contributed by atoms with Crippen LogP contribution in [0.25, 0.3) is 0 Å². The van der Waals surface area contributed by atoms with E-state index in [0.717, 1.165) is 0 Å². The number of nitrogens with two attached hydrogens (primary N) is 1. The van der Waals surface area contributed by atoms with Crippen LogP contribution in [-0.4, -0.2) is 29.9 Å². The Labute approximate surface area is 97.2 Å². The maximum atomic E-state index is 11.6. The Bertz CT molecular complexity index is 252. The van der Waals surface area contributed by atoms with Crippen molar-refractivity contribution in [2.24, 2.45) is 11.7 Å². The minimum absolute atomic E-state index is 0.0559. The Morgan fingerprint density at radius 3 is 1.81 bits per heavy atom. The van der Waals surface area contributed by atoms with E-state index >= 15 is 0 Å². The summed E-state index contributed by atoms with van der Waals surface area (Å²) in [4.78, 5) is 23.1. The smallest absolute Gasteiger partial charge is 0.242 e. The van der Waals surface area contributed by atoms with Crippen molar-refractivity contribution in [2.75, 3.05) is 0 Å². The van der Waals surface area contributed by atoms with Gasteiger partial charge in [-0.3, -0.25) is 9.59 Å². The van der Waals surface area contributed by atoms with E-state index in [-0.39, 0.29) is 23.8 Å². The fourth-order valence-electron chi connectivity index (χ4n) is 1.09. The van der Waals surface area contributed by atoms with Crippen LogP contribution in [0.4, 0.5) is 0 Å². The van der Waals surface area contributed by atoms with Crippen molar-refractivity contribution < 1.29 is 9.59 Å². The molecule has 5 nitrogen and oxygen atoms in total. The van der Waals surface area contributed by atoms with Gasteiger partial charge in [-0.2, -0.15) is 0 Å². The molecule has 94 valence electrons. The third-order valence-electron chi connectivity index (χ3n) is 2.20. The monoisotopic (exact) mass is 229 g/mol. The number of hydrogen-bond donors (Lipinski definition) is 3. The van der Waals surface area contributed by atoms with Crippen LogP contribution in [0.3, 0.4) is 0 Å². The van der Waals surface area contributed by atoms with Crippen LogP contribution in [-0.2, 0) is 9.59 Å². The topological polar surface area (TPSA) is 84.2 Å². The van der Waals surface area contributed by atoms with Crippen molar-refractivity contribution in [1.29, 1.82) is 0 Å². The summed E-state index contributed by atoms with van der Waals surface area (Å²) in [5, 5.41) is 5.31. The molecule has 0 aromatic carbocycles. The van der Waals surface area contributed by atoms with Crippen LogP contribution >= 0.6 is 0 Å². The van der Waals surface area contributed by atoms with E-state index in [4.69, 9.17) is 5.73 Å². The molecule has 0 saturated heterocycles. The van der Waals surface area contributed by atoms with Crippen LogP contribution in [0.2, 0.25) is 0 Å². The zero-order chi connectivity index (χ0) is 12.9. The van der Waals surface area contributed by atoms with E-state index in [0.29, 0.717) is 0 Å². The average Bonchev–Trinajstić information content (AvgIpc) is 2.14. The Morgan fingerprint density at radius 2 is 1.44 bits per heavy atom. The molecule has 2 amide bonds. The number of nitrogens with one attached hydrogen (secondary N) is 2. The Hall–Kier alpha value is -1.10. The number of carbonyl (C=O) groups excluding carboxylic acids is 2. The summed E-state index contributed by atoms with van der Waals surface area (Å²) in [6, 6.07) is -1.07. The standard InChI is InChI=1S/C11H23N3O2/c1-6(2)9(12)11(16)14-8(5)10(15)13-7(3)4/h6-9H,12H2,1-5H3,(H,13,15)(H,14,16). The first kappa shape index (κ1) is 14.9. The molecule has 0 bridgehead atoms. The zero-order valence-electron chi connectivity index (χ0n) is 10.7. The van der Waals surface area contributed by atoms with Gasteiger partial charge in [0.15, 0.2) is 0 Å². The first-order valence-corrected chi connectivity index (χ1v) is 5.62. The molecule has 0 aliphatic heterocycles. The van der Waals surface area contributed by atoms with Crippen LogP contribution < -0.4 is 16.4 Å². The second-order valence-electron chi connectivity index (χ2n) is 4.66. The molecule has 5 heteroatoms. The second-order valence-corrected chi connectivity index (χ2v) is 4.66. The van der Waals surface area contributed by atoms with Crippen molar-refractivity contribution in [3.8, 4) is 0 Å². The number of hydrogen-bond acceptors (Lipinski definition) is 3. The van der Waals surface area contributed by atoms with Crippen molar-refractivity contribution in [3.05, 3.63) is 0 Å². The summed E-state index contributed by atoms with van der Waals surface area (Å²) in [5.41, 5.74) is 5.67. The lowest BCUT2D eigenvalue weighted by atomic mass is 10.0. The number of amides is 2. The molecular formula is C11H23N3O2. The molecule has 0 saturated carbocycles. The molecule has 0 aromatic rings. The largest absolute Gasteiger partial charge is 0.352 e. The van der Waals surface area contributed by atoms with Gasteiger partial charge in [-0.25, -0.2) is 0 Å². The van der Waals surface area contributed by atoms with Gasteiger partial charge in [-0.05, 0) is 26.7 Å². The highest BCUT2D eigenvalue weighted by molar-refractivity contribution is 5.89. The van der Waals surface area contributed by atoms with Gasteiger partial charge in [0.05, 0.1) is 6.04 Å².